The largest absolute Gasteiger partial charge is 0.359 e. The lowest BCUT2D eigenvalue weighted by atomic mass is 10.0. The highest BCUT2D eigenvalue weighted by Gasteiger charge is 2.41. The van der Waals surface area contributed by atoms with Crippen LogP contribution >= 0.6 is 0 Å². The maximum atomic E-state index is 5.77. The van der Waals surface area contributed by atoms with E-state index in [2.05, 4.69) is 55.5 Å². The van der Waals surface area contributed by atoms with Crippen molar-refractivity contribution in [1.82, 2.24) is 0 Å². The van der Waals surface area contributed by atoms with E-state index >= 15 is 0 Å². The Hall–Kier alpha value is -1.60. The van der Waals surface area contributed by atoms with Gasteiger partial charge < -0.3 is 4.74 Å². The van der Waals surface area contributed by atoms with Crippen LogP contribution in [0.2, 0.25) is 0 Å². The van der Waals surface area contributed by atoms with Gasteiger partial charge in [0.15, 0.2) is 0 Å². The Balaban J connectivity index is 1.85. The zero-order valence-electron chi connectivity index (χ0n) is 9.26. The molecule has 0 saturated carbocycles. The first kappa shape index (κ1) is 9.61. The molecule has 16 heavy (non-hydrogen) atoms. The lowest BCUT2D eigenvalue weighted by Crippen LogP contribution is -1.87. The first-order valence-corrected chi connectivity index (χ1v) is 5.62. The van der Waals surface area contributed by atoms with Gasteiger partial charge in [-0.15, -0.1) is 0 Å². The highest BCUT2D eigenvalue weighted by atomic mass is 16.6. The number of hydrogen-bond donors (Lipinski definition) is 0. The molecule has 0 radical (unpaired) electrons. The van der Waals surface area contributed by atoms with Crippen molar-refractivity contribution in [3.05, 3.63) is 71.3 Å². The maximum Gasteiger partial charge on any atom is 0.114 e. The fraction of sp³-hybridized carbons (Fsp3) is 0.200. The minimum atomic E-state index is 0.252. The van der Waals surface area contributed by atoms with Crippen molar-refractivity contribution in [2.24, 2.45) is 0 Å². The van der Waals surface area contributed by atoms with Gasteiger partial charge >= 0.3 is 0 Å². The average Bonchev–Trinajstić information content (AvgIpc) is 3.11. The predicted molar refractivity (Wildman–Crippen MR) is 64.2 cm³/mol. The molecule has 1 heterocycles. The molecule has 1 nitrogen and oxygen atoms in total. The molecule has 0 bridgehead atoms. The summed E-state index contributed by atoms with van der Waals surface area (Å²) in [5.41, 5.74) is 3.90. The van der Waals surface area contributed by atoms with Crippen LogP contribution in [0.1, 0.15) is 28.9 Å². The predicted octanol–water partition coefficient (Wildman–Crippen LogP) is 3.81. The van der Waals surface area contributed by atoms with Gasteiger partial charge in [0.25, 0.3) is 0 Å². The fourth-order valence-electron chi connectivity index (χ4n) is 2.15. The minimum absolute atomic E-state index is 0.252. The Kier molecular flexibility index (Phi) is 2.26. The molecule has 1 saturated heterocycles. The summed E-state index contributed by atoms with van der Waals surface area (Å²) in [5.74, 6) is 0. The van der Waals surface area contributed by atoms with Gasteiger partial charge in [-0.2, -0.15) is 0 Å². The van der Waals surface area contributed by atoms with Crippen LogP contribution in [-0.2, 0) is 4.74 Å². The topological polar surface area (TPSA) is 12.5 Å². The van der Waals surface area contributed by atoms with Crippen LogP contribution in [0.15, 0.2) is 54.6 Å². The molecule has 0 N–H and O–H groups in total. The van der Waals surface area contributed by atoms with Gasteiger partial charge in [0, 0.05) is 0 Å². The number of aryl methyl sites for hydroxylation is 1. The van der Waals surface area contributed by atoms with Gasteiger partial charge in [-0.1, -0.05) is 54.6 Å². The van der Waals surface area contributed by atoms with Crippen molar-refractivity contribution in [2.45, 2.75) is 19.1 Å². The molecular formula is C15H14O. The number of ether oxygens (including phenoxy) is 1. The van der Waals surface area contributed by atoms with Gasteiger partial charge in [0.1, 0.15) is 12.2 Å². The Morgan fingerprint density at radius 1 is 0.812 bits per heavy atom. The van der Waals surface area contributed by atoms with E-state index in [4.69, 9.17) is 4.74 Å². The number of benzene rings is 2. The summed E-state index contributed by atoms with van der Waals surface area (Å²) >= 11 is 0. The van der Waals surface area contributed by atoms with Crippen molar-refractivity contribution in [2.75, 3.05) is 0 Å². The molecule has 2 aromatic rings. The van der Waals surface area contributed by atoms with Crippen molar-refractivity contribution >= 4 is 0 Å². The summed E-state index contributed by atoms with van der Waals surface area (Å²) in [5, 5.41) is 0. The molecule has 0 amide bonds. The summed E-state index contributed by atoms with van der Waals surface area (Å²) in [6, 6.07) is 18.9. The molecule has 80 valence electrons. The molecule has 0 unspecified atom stereocenters. The molecule has 0 spiro atoms. The molecule has 1 heteroatoms. The van der Waals surface area contributed by atoms with Gasteiger partial charge in [0.05, 0.1) is 0 Å². The summed E-state index contributed by atoms with van der Waals surface area (Å²) in [7, 11) is 0. The fourth-order valence-corrected chi connectivity index (χ4v) is 2.15. The van der Waals surface area contributed by atoms with Gasteiger partial charge in [-0.25, -0.2) is 0 Å². The standard InChI is InChI=1S/C15H14O/c1-11-7-5-6-10-13(11)15-14(16-15)12-8-3-2-4-9-12/h2-10,14-15H,1H3/t14-,15-/m0/s1. The first-order chi connectivity index (χ1) is 7.86. The second kappa shape index (κ2) is 3.76. The van der Waals surface area contributed by atoms with Crippen LogP contribution in [0.25, 0.3) is 0 Å². The van der Waals surface area contributed by atoms with Crippen LogP contribution < -0.4 is 0 Å². The van der Waals surface area contributed by atoms with E-state index in [-0.39, 0.29) is 12.2 Å². The van der Waals surface area contributed by atoms with Crippen molar-refractivity contribution in [1.29, 1.82) is 0 Å². The lowest BCUT2D eigenvalue weighted by molar-refractivity contribution is 0.377. The van der Waals surface area contributed by atoms with Gasteiger partial charge in [-0.3, -0.25) is 0 Å². The second-order valence-corrected chi connectivity index (χ2v) is 4.24. The Morgan fingerprint density at radius 3 is 2.25 bits per heavy atom. The van der Waals surface area contributed by atoms with Crippen molar-refractivity contribution in [3.8, 4) is 0 Å². The average molecular weight is 210 g/mol. The smallest absolute Gasteiger partial charge is 0.114 e. The van der Waals surface area contributed by atoms with Gasteiger partial charge in [-0.05, 0) is 23.6 Å². The molecule has 1 aliphatic heterocycles. The summed E-state index contributed by atoms with van der Waals surface area (Å²) in [4.78, 5) is 0. The third kappa shape index (κ3) is 1.63. The van der Waals surface area contributed by atoms with E-state index in [0.717, 1.165) is 0 Å². The SMILES string of the molecule is Cc1ccccc1[C@@H]1O[C@H]1c1ccccc1. The second-order valence-electron chi connectivity index (χ2n) is 4.24. The van der Waals surface area contributed by atoms with Crippen LogP contribution in [-0.4, -0.2) is 0 Å². The molecular weight excluding hydrogens is 196 g/mol. The summed E-state index contributed by atoms with van der Waals surface area (Å²) in [6.45, 7) is 2.14. The van der Waals surface area contributed by atoms with E-state index in [1.165, 1.54) is 16.7 Å². The first-order valence-electron chi connectivity index (χ1n) is 5.62. The highest BCUT2D eigenvalue weighted by molar-refractivity contribution is 5.34. The Morgan fingerprint density at radius 2 is 1.50 bits per heavy atom. The molecule has 2 atom stereocenters. The monoisotopic (exact) mass is 210 g/mol. The van der Waals surface area contributed by atoms with E-state index in [0.29, 0.717) is 0 Å². The third-order valence-corrected chi connectivity index (χ3v) is 3.11. The lowest BCUT2D eigenvalue weighted by Gasteiger charge is -2.00. The van der Waals surface area contributed by atoms with E-state index in [1.54, 1.807) is 0 Å². The molecule has 0 aromatic heterocycles. The quantitative estimate of drug-likeness (QED) is 0.687. The Labute approximate surface area is 95.7 Å². The van der Waals surface area contributed by atoms with E-state index in [9.17, 15) is 0 Å². The van der Waals surface area contributed by atoms with Crippen molar-refractivity contribution < 1.29 is 4.74 Å². The number of hydrogen-bond acceptors (Lipinski definition) is 1. The summed E-state index contributed by atoms with van der Waals surface area (Å²) in [6.07, 6.45) is 0.505. The zero-order valence-corrected chi connectivity index (χ0v) is 9.26. The van der Waals surface area contributed by atoms with Crippen molar-refractivity contribution in [3.63, 3.8) is 0 Å². The molecule has 1 aliphatic rings. The normalized spacial score (nSPS) is 23.1. The van der Waals surface area contributed by atoms with Gasteiger partial charge in [0.2, 0.25) is 0 Å². The van der Waals surface area contributed by atoms with Crippen LogP contribution in [0, 0.1) is 6.92 Å². The van der Waals surface area contributed by atoms with Crippen LogP contribution in [0.3, 0.4) is 0 Å². The Bertz CT molecular complexity index is 490. The van der Waals surface area contributed by atoms with Crippen LogP contribution in [0.5, 0.6) is 0 Å². The van der Waals surface area contributed by atoms with Crippen LogP contribution in [0.4, 0.5) is 0 Å². The molecule has 0 aliphatic carbocycles. The highest BCUT2D eigenvalue weighted by Crippen LogP contribution is 2.51. The molecule has 2 aromatic carbocycles. The van der Waals surface area contributed by atoms with E-state index in [1.807, 2.05) is 6.07 Å². The molecule has 1 fully saturated rings. The van der Waals surface area contributed by atoms with E-state index < -0.39 is 0 Å². The number of epoxide rings is 1. The third-order valence-electron chi connectivity index (χ3n) is 3.11. The minimum Gasteiger partial charge on any atom is -0.359 e. The summed E-state index contributed by atoms with van der Waals surface area (Å²) < 4.78 is 5.77. The number of rotatable bonds is 2. The maximum absolute atomic E-state index is 5.77. The molecule has 3 rings (SSSR count). The zero-order chi connectivity index (χ0) is 11.0.